The zero-order valence-electron chi connectivity index (χ0n) is 9.99. The Hall–Kier alpha value is -1.18. The van der Waals surface area contributed by atoms with E-state index in [2.05, 4.69) is 15.5 Å². The van der Waals surface area contributed by atoms with E-state index in [9.17, 15) is 17.4 Å². The monoisotopic (exact) mass is 281 g/mol. The molecule has 18 heavy (non-hydrogen) atoms. The van der Waals surface area contributed by atoms with Gasteiger partial charge in [-0.15, -0.1) is 10.2 Å². The number of anilines is 1. The molecule has 1 heterocycles. The van der Waals surface area contributed by atoms with Gasteiger partial charge in [0.25, 0.3) is 0 Å². The normalized spacial score (nSPS) is 15.2. The minimum atomic E-state index is -4.48. The van der Waals surface area contributed by atoms with Crippen molar-refractivity contribution in [2.45, 2.75) is 25.6 Å². The van der Waals surface area contributed by atoms with E-state index >= 15 is 0 Å². The van der Waals surface area contributed by atoms with Crippen molar-refractivity contribution in [3.05, 3.63) is 17.8 Å². The number of halogens is 3. The third-order valence-electron chi connectivity index (χ3n) is 2.19. The van der Waals surface area contributed by atoms with Crippen LogP contribution in [0.1, 0.15) is 19.0 Å². The molecule has 0 aromatic carbocycles. The molecule has 0 saturated carbocycles. The van der Waals surface area contributed by atoms with Gasteiger partial charge in [-0.25, -0.2) is 0 Å². The molecule has 102 valence electrons. The van der Waals surface area contributed by atoms with Crippen LogP contribution in [0.5, 0.6) is 0 Å². The first kappa shape index (κ1) is 14.9. The van der Waals surface area contributed by atoms with Gasteiger partial charge in [-0.3, -0.25) is 4.21 Å². The summed E-state index contributed by atoms with van der Waals surface area (Å²) in [5, 5.41) is 9.46. The summed E-state index contributed by atoms with van der Waals surface area (Å²) in [6.07, 6.45) is -2.23. The van der Waals surface area contributed by atoms with Crippen molar-refractivity contribution in [2.75, 3.05) is 17.3 Å². The Labute approximate surface area is 105 Å². The molecule has 0 radical (unpaired) electrons. The van der Waals surface area contributed by atoms with Crippen LogP contribution < -0.4 is 5.32 Å². The van der Waals surface area contributed by atoms with E-state index in [1.807, 2.05) is 6.92 Å². The van der Waals surface area contributed by atoms with Crippen LogP contribution in [0.3, 0.4) is 0 Å². The number of hydrogen-bond acceptors (Lipinski definition) is 4. The van der Waals surface area contributed by atoms with Gasteiger partial charge in [0.15, 0.2) is 5.69 Å². The van der Waals surface area contributed by atoms with Crippen LogP contribution in [-0.2, 0) is 17.0 Å². The van der Waals surface area contributed by atoms with E-state index in [1.54, 1.807) is 6.26 Å². The summed E-state index contributed by atoms with van der Waals surface area (Å²) in [6, 6.07) is 2.08. The van der Waals surface area contributed by atoms with Crippen molar-refractivity contribution in [2.24, 2.45) is 0 Å². The van der Waals surface area contributed by atoms with Crippen LogP contribution >= 0.6 is 0 Å². The van der Waals surface area contributed by atoms with Crippen molar-refractivity contribution in [1.82, 2.24) is 10.2 Å². The molecule has 4 nitrogen and oxygen atoms in total. The summed E-state index contributed by atoms with van der Waals surface area (Å²) in [5.74, 6) is 0.805. The van der Waals surface area contributed by atoms with Gasteiger partial charge in [0.05, 0.1) is 0 Å². The highest BCUT2D eigenvalue weighted by Crippen LogP contribution is 2.27. The number of aromatic nitrogens is 2. The lowest BCUT2D eigenvalue weighted by Gasteiger charge is -2.13. The minimum absolute atomic E-state index is 0.0278. The fourth-order valence-corrected chi connectivity index (χ4v) is 1.91. The molecule has 0 fully saturated rings. The lowest BCUT2D eigenvalue weighted by Crippen LogP contribution is -2.19. The first-order valence-corrected chi connectivity index (χ1v) is 6.99. The average molecular weight is 281 g/mol. The largest absolute Gasteiger partial charge is 0.435 e. The predicted molar refractivity (Wildman–Crippen MR) is 63.7 cm³/mol. The van der Waals surface area contributed by atoms with E-state index in [4.69, 9.17) is 0 Å². The molecular formula is C10H14F3N3OS. The van der Waals surface area contributed by atoms with Gasteiger partial charge < -0.3 is 5.32 Å². The molecule has 0 aliphatic heterocycles. The molecule has 1 aromatic rings. The molecule has 0 saturated heterocycles. The Morgan fingerprint density at radius 1 is 1.39 bits per heavy atom. The Balaban J connectivity index is 2.56. The zero-order chi connectivity index (χ0) is 13.8. The first-order chi connectivity index (χ1) is 8.29. The van der Waals surface area contributed by atoms with Gasteiger partial charge in [-0.05, 0) is 25.5 Å². The topological polar surface area (TPSA) is 54.9 Å². The minimum Gasteiger partial charge on any atom is -0.366 e. The van der Waals surface area contributed by atoms with Crippen LogP contribution in [0.25, 0.3) is 0 Å². The van der Waals surface area contributed by atoms with Crippen LogP contribution in [0.4, 0.5) is 19.0 Å². The summed E-state index contributed by atoms with van der Waals surface area (Å²) in [6.45, 7) is 1.84. The first-order valence-electron chi connectivity index (χ1n) is 5.26. The highest BCUT2D eigenvalue weighted by atomic mass is 32.2. The summed E-state index contributed by atoms with van der Waals surface area (Å²) in [7, 11) is -0.884. The molecule has 8 heteroatoms. The number of nitrogens with one attached hydrogen (secondary N) is 1. The maximum Gasteiger partial charge on any atom is 0.435 e. The highest BCUT2D eigenvalue weighted by Gasteiger charge is 2.32. The number of hydrogen-bond donors (Lipinski definition) is 1. The molecular weight excluding hydrogens is 267 g/mol. The van der Waals surface area contributed by atoms with Crippen LogP contribution in [0, 0.1) is 0 Å². The van der Waals surface area contributed by atoms with Crippen molar-refractivity contribution >= 4 is 16.6 Å². The zero-order valence-corrected chi connectivity index (χ0v) is 10.8. The molecule has 1 rings (SSSR count). The molecule has 1 aromatic heterocycles. The molecule has 0 bridgehead atoms. The third kappa shape index (κ3) is 4.99. The Morgan fingerprint density at radius 2 is 2.06 bits per heavy atom. The average Bonchev–Trinajstić information content (AvgIpc) is 2.26. The van der Waals surface area contributed by atoms with E-state index in [0.717, 1.165) is 6.07 Å². The standard InChI is InChI=1S/C10H14F3N3OS/c1-7(5-6-18(2)17)14-9-4-3-8(15-16-9)10(11,12)13/h3-4,7H,5-6H2,1-2H3,(H,14,16). The van der Waals surface area contributed by atoms with E-state index in [-0.39, 0.29) is 11.9 Å². The summed E-state index contributed by atoms with van der Waals surface area (Å²) in [4.78, 5) is 0. The Kier molecular flexibility index (Phi) is 5.06. The van der Waals surface area contributed by atoms with Gasteiger partial charge in [0.2, 0.25) is 0 Å². The molecule has 0 aliphatic rings. The Bertz CT molecular complexity index is 408. The Morgan fingerprint density at radius 3 is 2.50 bits per heavy atom. The van der Waals surface area contributed by atoms with Gasteiger partial charge in [0.1, 0.15) is 5.82 Å². The summed E-state index contributed by atoms with van der Waals surface area (Å²) >= 11 is 0. The van der Waals surface area contributed by atoms with Gasteiger partial charge in [-0.1, -0.05) is 0 Å². The van der Waals surface area contributed by atoms with Crippen LogP contribution in [-0.4, -0.2) is 32.5 Å². The van der Waals surface area contributed by atoms with Crippen molar-refractivity contribution in [3.8, 4) is 0 Å². The predicted octanol–water partition coefficient (Wildman–Crippen LogP) is 2.06. The fourth-order valence-electron chi connectivity index (χ4n) is 1.23. The van der Waals surface area contributed by atoms with E-state index in [1.165, 1.54) is 6.07 Å². The smallest absolute Gasteiger partial charge is 0.366 e. The number of nitrogens with zero attached hydrogens (tertiary/aromatic N) is 2. The number of alkyl halides is 3. The molecule has 0 spiro atoms. The highest BCUT2D eigenvalue weighted by molar-refractivity contribution is 7.84. The van der Waals surface area contributed by atoms with E-state index < -0.39 is 22.7 Å². The molecule has 1 N–H and O–H groups in total. The van der Waals surface area contributed by atoms with Gasteiger partial charge >= 0.3 is 6.18 Å². The van der Waals surface area contributed by atoms with Gasteiger partial charge in [0, 0.05) is 28.9 Å². The maximum absolute atomic E-state index is 12.2. The molecule has 2 unspecified atom stereocenters. The summed E-state index contributed by atoms with van der Waals surface area (Å²) < 4.78 is 47.6. The van der Waals surface area contributed by atoms with Crippen molar-refractivity contribution in [3.63, 3.8) is 0 Å². The number of rotatable bonds is 5. The third-order valence-corrected chi connectivity index (χ3v) is 3.00. The summed E-state index contributed by atoms with van der Waals surface area (Å²) in [5.41, 5.74) is -1.02. The van der Waals surface area contributed by atoms with Crippen molar-refractivity contribution < 1.29 is 17.4 Å². The maximum atomic E-state index is 12.2. The lowest BCUT2D eigenvalue weighted by molar-refractivity contribution is -0.141. The molecule has 0 aliphatic carbocycles. The lowest BCUT2D eigenvalue weighted by atomic mass is 10.2. The van der Waals surface area contributed by atoms with Crippen LogP contribution in [0.15, 0.2) is 12.1 Å². The quantitative estimate of drug-likeness (QED) is 0.897. The second kappa shape index (κ2) is 6.12. The van der Waals surface area contributed by atoms with E-state index in [0.29, 0.717) is 12.2 Å². The van der Waals surface area contributed by atoms with Crippen LogP contribution in [0.2, 0.25) is 0 Å². The second-order valence-electron chi connectivity index (χ2n) is 3.91. The molecule has 2 atom stereocenters. The molecule has 0 amide bonds. The van der Waals surface area contributed by atoms with Crippen molar-refractivity contribution in [1.29, 1.82) is 0 Å². The SMILES string of the molecule is CC(CCS(C)=O)Nc1ccc(C(F)(F)F)nn1. The fraction of sp³-hybridized carbons (Fsp3) is 0.600. The van der Waals surface area contributed by atoms with Gasteiger partial charge in [-0.2, -0.15) is 13.2 Å². The second-order valence-corrected chi connectivity index (χ2v) is 5.47.